The molecule has 1 atom stereocenters. The van der Waals surface area contributed by atoms with Crippen molar-refractivity contribution in [2.24, 2.45) is 0 Å². The summed E-state index contributed by atoms with van der Waals surface area (Å²) in [4.78, 5) is 0. The maximum Gasteiger partial charge on any atom is 0.262 e. The van der Waals surface area contributed by atoms with E-state index in [1.165, 1.54) is 0 Å². The van der Waals surface area contributed by atoms with Crippen LogP contribution in [0, 0.1) is 0 Å². The first-order valence-electron chi connectivity index (χ1n) is 7.16. The van der Waals surface area contributed by atoms with E-state index in [-0.39, 0.29) is 12.1 Å². The van der Waals surface area contributed by atoms with Crippen LogP contribution in [0.25, 0.3) is 10.8 Å². The number of hydrogen-bond donors (Lipinski definition) is 1. The minimum atomic E-state index is -2.00. The average Bonchev–Trinajstić information content (AvgIpc) is 3.25. The molecule has 21 heavy (non-hydrogen) atoms. The summed E-state index contributed by atoms with van der Waals surface area (Å²) in [6.45, 7) is 3.98. The van der Waals surface area contributed by atoms with E-state index in [9.17, 15) is 8.76 Å². The Morgan fingerprint density at radius 3 is 2.43 bits per heavy atom. The second-order valence-corrected chi connectivity index (χ2v) is 6.44. The van der Waals surface area contributed by atoms with E-state index in [2.05, 4.69) is 0 Å². The van der Waals surface area contributed by atoms with E-state index >= 15 is 0 Å². The van der Waals surface area contributed by atoms with Crippen LogP contribution in [0.3, 0.4) is 0 Å². The fourth-order valence-corrected chi connectivity index (χ4v) is 3.32. The molecule has 5 heteroatoms. The molecular formula is C16H19NO3S. The quantitative estimate of drug-likeness (QED) is 0.856. The Morgan fingerprint density at radius 2 is 1.86 bits per heavy atom. The molecule has 2 aromatic carbocycles. The van der Waals surface area contributed by atoms with Gasteiger partial charge >= 0.3 is 0 Å². The predicted molar refractivity (Wildman–Crippen MR) is 86.0 cm³/mol. The zero-order valence-electron chi connectivity index (χ0n) is 12.2. The summed E-state index contributed by atoms with van der Waals surface area (Å²) in [7, 11) is 0. The highest BCUT2D eigenvalue weighted by Gasteiger charge is 2.34. The van der Waals surface area contributed by atoms with E-state index in [4.69, 9.17) is 4.74 Å². The smallest absolute Gasteiger partial charge is 0.262 e. The fourth-order valence-electron chi connectivity index (χ4n) is 2.52. The van der Waals surface area contributed by atoms with E-state index in [0.29, 0.717) is 0 Å². The van der Waals surface area contributed by atoms with Gasteiger partial charge in [-0.25, -0.2) is 4.21 Å². The second kappa shape index (κ2) is 5.66. The van der Waals surface area contributed by atoms with Gasteiger partial charge in [-0.05, 0) is 38.8 Å². The topological polar surface area (TPSA) is 49.8 Å². The normalized spacial score (nSPS) is 16.2. The number of ether oxygens (including phenoxy) is 1. The van der Waals surface area contributed by atoms with Crippen LogP contribution in [0.5, 0.6) is 5.75 Å². The lowest BCUT2D eigenvalue weighted by Gasteiger charge is -2.22. The minimum absolute atomic E-state index is 0.0887. The van der Waals surface area contributed by atoms with Gasteiger partial charge in [0.25, 0.3) is 11.3 Å². The number of anilines is 1. The van der Waals surface area contributed by atoms with Crippen LogP contribution in [-0.4, -0.2) is 20.9 Å². The van der Waals surface area contributed by atoms with Crippen molar-refractivity contribution < 1.29 is 13.5 Å². The maximum atomic E-state index is 11.7. The lowest BCUT2D eigenvalue weighted by Crippen LogP contribution is -2.27. The molecular weight excluding hydrogens is 286 g/mol. The van der Waals surface area contributed by atoms with Gasteiger partial charge in [-0.1, -0.05) is 24.3 Å². The summed E-state index contributed by atoms with van der Waals surface area (Å²) in [6, 6.07) is 11.8. The van der Waals surface area contributed by atoms with Crippen LogP contribution in [-0.2, 0) is 11.3 Å². The first-order valence-corrected chi connectivity index (χ1v) is 8.23. The lowest BCUT2D eigenvalue weighted by atomic mass is 10.1. The third kappa shape index (κ3) is 2.89. The Balaban J connectivity index is 2.14. The molecule has 0 aliphatic heterocycles. The zero-order valence-corrected chi connectivity index (χ0v) is 13.0. The molecule has 1 unspecified atom stereocenters. The largest absolute Gasteiger partial charge is 0.490 e. The van der Waals surface area contributed by atoms with Gasteiger partial charge in [-0.3, -0.25) is 8.86 Å². The molecule has 2 aromatic rings. The van der Waals surface area contributed by atoms with Gasteiger partial charge in [0.05, 0.1) is 11.8 Å². The van der Waals surface area contributed by atoms with E-state index in [0.717, 1.165) is 35.1 Å². The Kier molecular flexibility index (Phi) is 3.87. The number of rotatable bonds is 5. The predicted octanol–water partition coefficient (Wildman–Crippen LogP) is 3.73. The van der Waals surface area contributed by atoms with Gasteiger partial charge in [-0.15, -0.1) is 0 Å². The van der Waals surface area contributed by atoms with Crippen molar-refractivity contribution >= 4 is 27.7 Å². The zero-order chi connectivity index (χ0) is 15.0. The van der Waals surface area contributed by atoms with E-state index in [1.54, 1.807) is 4.31 Å². The Hall–Kier alpha value is -1.59. The SMILES string of the molecule is CC(C)Oc1ccc(N(C2CC2)S(=O)O)c2ccccc12. The van der Waals surface area contributed by atoms with E-state index in [1.807, 2.05) is 50.2 Å². The molecule has 4 nitrogen and oxygen atoms in total. The summed E-state index contributed by atoms with van der Waals surface area (Å²) in [5.74, 6) is 0.809. The maximum absolute atomic E-state index is 11.7. The molecule has 0 amide bonds. The molecule has 1 fully saturated rings. The molecule has 0 heterocycles. The molecule has 0 aromatic heterocycles. The fraction of sp³-hybridized carbons (Fsp3) is 0.375. The van der Waals surface area contributed by atoms with Crippen LogP contribution >= 0.6 is 0 Å². The van der Waals surface area contributed by atoms with Gasteiger partial charge in [0.1, 0.15) is 5.75 Å². The summed E-state index contributed by atoms with van der Waals surface area (Å²) >= 11 is -2.00. The van der Waals surface area contributed by atoms with Crippen molar-refractivity contribution in [2.75, 3.05) is 4.31 Å². The van der Waals surface area contributed by atoms with Crippen molar-refractivity contribution in [3.05, 3.63) is 36.4 Å². The van der Waals surface area contributed by atoms with Crippen molar-refractivity contribution in [3.8, 4) is 5.75 Å². The minimum Gasteiger partial charge on any atom is -0.490 e. The van der Waals surface area contributed by atoms with Crippen molar-refractivity contribution in [1.82, 2.24) is 0 Å². The number of hydrogen-bond acceptors (Lipinski definition) is 2. The van der Waals surface area contributed by atoms with E-state index < -0.39 is 11.3 Å². The third-order valence-electron chi connectivity index (χ3n) is 3.51. The highest BCUT2D eigenvalue weighted by Crippen LogP contribution is 2.39. The van der Waals surface area contributed by atoms with Crippen molar-refractivity contribution in [1.29, 1.82) is 0 Å². The second-order valence-electron chi connectivity index (χ2n) is 5.58. The molecule has 0 radical (unpaired) electrons. The number of fused-ring (bicyclic) bond motifs is 1. The summed E-state index contributed by atoms with van der Waals surface area (Å²) < 4.78 is 28.8. The monoisotopic (exact) mass is 305 g/mol. The highest BCUT2D eigenvalue weighted by molar-refractivity contribution is 7.80. The van der Waals surface area contributed by atoms with Gasteiger partial charge in [0, 0.05) is 16.8 Å². The molecule has 0 bridgehead atoms. The van der Waals surface area contributed by atoms with Crippen LogP contribution in [0.15, 0.2) is 36.4 Å². The van der Waals surface area contributed by atoms with Crippen LogP contribution in [0.2, 0.25) is 0 Å². The summed E-state index contributed by atoms with van der Waals surface area (Å²) in [5.41, 5.74) is 0.796. The Morgan fingerprint density at radius 1 is 1.19 bits per heavy atom. The Labute approximate surface area is 127 Å². The number of benzene rings is 2. The van der Waals surface area contributed by atoms with Gasteiger partial charge in [-0.2, -0.15) is 0 Å². The van der Waals surface area contributed by atoms with Crippen LogP contribution in [0.4, 0.5) is 5.69 Å². The van der Waals surface area contributed by atoms with Gasteiger partial charge in [0.2, 0.25) is 0 Å². The third-order valence-corrected chi connectivity index (χ3v) is 4.34. The summed E-state index contributed by atoms with van der Waals surface area (Å²) in [5, 5.41) is 1.92. The molecule has 0 saturated heterocycles. The number of nitrogens with zero attached hydrogens (tertiary/aromatic N) is 1. The standard InChI is InChI=1S/C16H19NO3S/c1-11(2)20-16-10-9-15(13-5-3-4-6-14(13)16)17(21(18)19)12-7-8-12/h3-6,9-12H,7-8H2,1-2H3,(H,18,19). The molecule has 1 saturated carbocycles. The van der Waals surface area contributed by atoms with Crippen molar-refractivity contribution in [2.45, 2.75) is 38.8 Å². The molecule has 1 aliphatic rings. The average molecular weight is 305 g/mol. The molecule has 112 valence electrons. The summed E-state index contributed by atoms with van der Waals surface area (Å²) in [6.07, 6.45) is 2.02. The Bertz CT molecular complexity index is 682. The van der Waals surface area contributed by atoms with Gasteiger partial charge < -0.3 is 4.74 Å². The van der Waals surface area contributed by atoms with Crippen LogP contribution < -0.4 is 9.04 Å². The molecule has 3 rings (SSSR count). The molecule has 0 spiro atoms. The van der Waals surface area contributed by atoms with Gasteiger partial charge in [0.15, 0.2) is 0 Å². The van der Waals surface area contributed by atoms with Crippen LogP contribution in [0.1, 0.15) is 26.7 Å². The van der Waals surface area contributed by atoms with Crippen molar-refractivity contribution in [3.63, 3.8) is 0 Å². The molecule has 1 aliphatic carbocycles. The molecule has 1 N–H and O–H groups in total. The lowest BCUT2D eigenvalue weighted by molar-refractivity contribution is 0.245. The first kappa shape index (κ1) is 14.4. The first-order chi connectivity index (χ1) is 10.1. The highest BCUT2D eigenvalue weighted by atomic mass is 32.2.